The molecule has 3 aromatic carbocycles. The predicted molar refractivity (Wildman–Crippen MR) is 159 cm³/mol. The molecule has 0 radical (unpaired) electrons. The Morgan fingerprint density at radius 2 is 1.61 bits per heavy atom. The number of aromatic amines is 1. The van der Waals surface area contributed by atoms with Crippen molar-refractivity contribution < 1.29 is 14.2 Å². The van der Waals surface area contributed by atoms with E-state index >= 15 is 0 Å². The summed E-state index contributed by atoms with van der Waals surface area (Å²) in [6.45, 7) is 1.58. The van der Waals surface area contributed by atoms with Crippen LogP contribution in [0.4, 0.5) is 0 Å². The van der Waals surface area contributed by atoms with Gasteiger partial charge in [0, 0.05) is 11.1 Å². The van der Waals surface area contributed by atoms with Crippen molar-refractivity contribution in [3.05, 3.63) is 112 Å². The van der Waals surface area contributed by atoms with Crippen LogP contribution in [0.5, 0.6) is 11.5 Å². The van der Waals surface area contributed by atoms with Crippen LogP contribution in [-0.2, 0) is 18.0 Å². The summed E-state index contributed by atoms with van der Waals surface area (Å²) in [7, 11) is 0. The highest BCUT2D eigenvalue weighted by Gasteiger charge is 2.25. The summed E-state index contributed by atoms with van der Waals surface area (Å²) in [5.41, 5.74) is 7.44. The van der Waals surface area contributed by atoms with Crippen LogP contribution in [0.1, 0.15) is 42.5 Å². The Kier molecular flexibility index (Phi) is 6.86. The molecular formula is C34H31N3O4. The molecule has 3 heterocycles. The number of hydrogen-bond donors (Lipinski definition) is 1. The Balaban J connectivity index is 1.42. The number of nitrogens with zero attached hydrogens (tertiary/aromatic N) is 2. The number of fused-ring (bicyclic) bond motifs is 2. The molecule has 0 bridgehead atoms. The topological polar surface area (TPSA) is 77.8 Å². The van der Waals surface area contributed by atoms with Crippen LogP contribution in [0.2, 0.25) is 0 Å². The zero-order chi connectivity index (χ0) is 27.6. The fraction of sp³-hybridized carbons (Fsp3) is 0.235. The maximum Gasteiger partial charge on any atom is 0.280 e. The lowest BCUT2D eigenvalue weighted by Gasteiger charge is -2.19. The first kappa shape index (κ1) is 25.4. The van der Waals surface area contributed by atoms with E-state index in [4.69, 9.17) is 19.2 Å². The molecule has 1 aliphatic carbocycles. The standard InChI is InChI=1S/C34H31N3O4/c38-34-30(26-16-17-28-29(20-26)41-19-18-40-28)27(22-39-21-23-10-4-1-5-11-23)35-33-31(24-12-6-2-7-13-24)32(36-37(33)34)25-14-8-3-9-15-25/h1,3-5,8-12,14-17,20,36H,2,6-7,13,18-19,21-22H2. The van der Waals surface area contributed by atoms with E-state index < -0.39 is 0 Å². The van der Waals surface area contributed by atoms with Gasteiger partial charge in [0.25, 0.3) is 5.56 Å². The number of nitrogens with one attached hydrogen (secondary N) is 1. The van der Waals surface area contributed by atoms with E-state index in [0.29, 0.717) is 53.8 Å². The molecule has 41 heavy (non-hydrogen) atoms. The third kappa shape index (κ3) is 4.93. The quantitative estimate of drug-likeness (QED) is 0.243. The van der Waals surface area contributed by atoms with E-state index in [0.717, 1.165) is 41.6 Å². The first-order chi connectivity index (χ1) is 20.3. The highest BCUT2D eigenvalue weighted by molar-refractivity contribution is 5.88. The molecule has 2 aliphatic rings. The summed E-state index contributed by atoms with van der Waals surface area (Å²) in [6.07, 6.45) is 6.56. The summed E-state index contributed by atoms with van der Waals surface area (Å²) in [4.78, 5) is 19.5. The highest BCUT2D eigenvalue weighted by atomic mass is 16.6. The molecule has 0 spiro atoms. The Labute approximate surface area is 238 Å². The number of ether oxygens (including phenoxy) is 3. The lowest BCUT2D eigenvalue weighted by Crippen LogP contribution is -2.21. The first-order valence-corrected chi connectivity index (χ1v) is 14.2. The molecule has 7 rings (SSSR count). The SMILES string of the molecule is O=c1c(-c2ccc3c(c2)OCCO3)c(COCc2ccccc2)nc2c(C3=CCCCC3)c(-c3ccccc3)[nH]n12. The fourth-order valence-electron chi connectivity index (χ4n) is 5.73. The molecule has 206 valence electrons. The Bertz CT molecular complexity index is 1790. The largest absolute Gasteiger partial charge is 0.486 e. The van der Waals surface area contributed by atoms with Crippen LogP contribution < -0.4 is 15.0 Å². The average Bonchev–Trinajstić information content (AvgIpc) is 3.42. The molecule has 0 saturated carbocycles. The minimum Gasteiger partial charge on any atom is -0.486 e. The highest BCUT2D eigenvalue weighted by Crippen LogP contribution is 2.38. The molecule has 1 N–H and O–H groups in total. The van der Waals surface area contributed by atoms with Gasteiger partial charge in [-0.1, -0.05) is 72.8 Å². The number of hydrogen-bond acceptors (Lipinski definition) is 5. The normalized spacial score (nSPS) is 14.7. The lowest BCUT2D eigenvalue weighted by molar-refractivity contribution is 0.105. The first-order valence-electron chi connectivity index (χ1n) is 14.2. The van der Waals surface area contributed by atoms with Gasteiger partial charge < -0.3 is 14.2 Å². The van der Waals surface area contributed by atoms with E-state index in [-0.39, 0.29) is 12.2 Å². The van der Waals surface area contributed by atoms with Crippen molar-refractivity contribution in [2.45, 2.75) is 38.9 Å². The van der Waals surface area contributed by atoms with Crippen molar-refractivity contribution >= 4 is 11.2 Å². The second-order valence-electron chi connectivity index (χ2n) is 10.4. The number of benzene rings is 3. The van der Waals surface area contributed by atoms with E-state index in [1.165, 1.54) is 12.0 Å². The summed E-state index contributed by atoms with van der Waals surface area (Å²) < 4.78 is 19.4. The van der Waals surface area contributed by atoms with Gasteiger partial charge in [0.1, 0.15) is 13.2 Å². The molecule has 0 amide bonds. The zero-order valence-electron chi connectivity index (χ0n) is 22.8. The number of allylic oxidation sites excluding steroid dienone is 2. The Morgan fingerprint density at radius 1 is 0.829 bits per heavy atom. The molecule has 7 heteroatoms. The monoisotopic (exact) mass is 545 g/mol. The number of H-pyrrole nitrogens is 1. The molecular weight excluding hydrogens is 514 g/mol. The average molecular weight is 546 g/mol. The summed E-state index contributed by atoms with van der Waals surface area (Å²) >= 11 is 0. The van der Waals surface area contributed by atoms with Gasteiger partial charge in [-0.3, -0.25) is 9.89 Å². The zero-order valence-corrected chi connectivity index (χ0v) is 22.8. The van der Waals surface area contributed by atoms with Crippen LogP contribution in [0, 0.1) is 0 Å². The van der Waals surface area contributed by atoms with Gasteiger partial charge in [-0.05, 0) is 54.5 Å². The second-order valence-corrected chi connectivity index (χ2v) is 10.4. The second kappa shape index (κ2) is 11.1. The summed E-state index contributed by atoms with van der Waals surface area (Å²) in [6, 6.07) is 25.8. The maximum absolute atomic E-state index is 14.4. The molecule has 0 unspecified atom stereocenters. The smallest absolute Gasteiger partial charge is 0.280 e. The summed E-state index contributed by atoms with van der Waals surface area (Å²) in [5, 5.41) is 3.43. The summed E-state index contributed by atoms with van der Waals surface area (Å²) in [5.74, 6) is 1.30. The molecule has 7 nitrogen and oxygen atoms in total. The fourth-order valence-corrected chi connectivity index (χ4v) is 5.73. The Morgan fingerprint density at radius 3 is 2.39 bits per heavy atom. The van der Waals surface area contributed by atoms with Crippen molar-refractivity contribution in [1.82, 2.24) is 14.6 Å². The van der Waals surface area contributed by atoms with E-state index in [1.807, 2.05) is 66.7 Å². The van der Waals surface area contributed by atoms with Crippen LogP contribution in [0.25, 0.3) is 33.6 Å². The molecule has 5 aromatic rings. The molecule has 0 fully saturated rings. The third-order valence-electron chi connectivity index (χ3n) is 7.71. The molecule has 0 saturated heterocycles. The van der Waals surface area contributed by atoms with Crippen LogP contribution in [0.15, 0.2) is 89.7 Å². The van der Waals surface area contributed by atoms with Crippen molar-refractivity contribution in [1.29, 1.82) is 0 Å². The van der Waals surface area contributed by atoms with Gasteiger partial charge in [0.15, 0.2) is 17.1 Å². The van der Waals surface area contributed by atoms with Crippen molar-refractivity contribution in [3.8, 4) is 33.9 Å². The minimum absolute atomic E-state index is 0.176. The van der Waals surface area contributed by atoms with E-state index in [2.05, 4.69) is 23.3 Å². The number of rotatable bonds is 7. The maximum atomic E-state index is 14.4. The minimum atomic E-state index is -0.176. The van der Waals surface area contributed by atoms with Gasteiger partial charge in [0.2, 0.25) is 0 Å². The van der Waals surface area contributed by atoms with Gasteiger partial charge in [-0.2, -0.15) is 4.52 Å². The lowest BCUT2D eigenvalue weighted by atomic mass is 9.92. The van der Waals surface area contributed by atoms with Gasteiger partial charge in [-0.15, -0.1) is 0 Å². The molecule has 1 aliphatic heterocycles. The van der Waals surface area contributed by atoms with E-state index in [1.54, 1.807) is 4.52 Å². The number of aromatic nitrogens is 3. The predicted octanol–water partition coefficient (Wildman–Crippen LogP) is 6.80. The van der Waals surface area contributed by atoms with Gasteiger partial charge in [0.05, 0.1) is 30.2 Å². The van der Waals surface area contributed by atoms with Gasteiger partial charge in [-0.25, -0.2) is 4.98 Å². The van der Waals surface area contributed by atoms with Crippen LogP contribution in [-0.4, -0.2) is 27.8 Å². The molecule has 0 atom stereocenters. The Hall–Kier alpha value is -4.62. The van der Waals surface area contributed by atoms with Crippen molar-refractivity contribution in [2.24, 2.45) is 0 Å². The van der Waals surface area contributed by atoms with E-state index in [9.17, 15) is 4.79 Å². The van der Waals surface area contributed by atoms with Crippen molar-refractivity contribution in [3.63, 3.8) is 0 Å². The van der Waals surface area contributed by atoms with Crippen LogP contribution in [0.3, 0.4) is 0 Å². The van der Waals surface area contributed by atoms with Crippen molar-refractivity contribution in [2.75, 3.05) is 13.2 Å². The van der Waals surface area contributed by atoms with Crippen LogP contribution >= 0.6 is 0 Å². The van der Waals surface area contributed by atoms with Gasteiger partial charge >= 0.3 is 0 Å². The molecule has 2 aromatic heterocycles. The third-order valence-corrected chi connectivity index (χ3v) is 7.71.